The third kappa shape index (κ3) is 6.57. The van der Waals surface area contributed by atoms with Gasteiger partial charge in [0, 0.05) is 12.1 Å². The standard InChI is InChI=1S/C20H23N3O8S/c1-12-4-8-16(9-5-12)32(29,30)22-19(14(3)24)20(26)31-11-18(25)21-17-10-15(23(27)28)7-6-13(17)2/h4-10,14,19,22,24H,11H2,1-3H3,(H,21,25)/t14-,19+/m1/s1. The van der Waals surface area contributed by atoms with Gasteiger partial charge in [-0.3, -0.25) is 19.7 Å². The number of nitro benzene ring substituents is 1. The Balaban J connectivity index is 2.04. The molecule has 0 saturated carbocycles. The number of aliphatic hydroxyl groups is 1. The first-order chi connectivity index (χ1) is 14.9. The number of aliphatic hydroxyl groups excluding tert-OH is 1. The predicted molar refractivity (Wildman–Crippen MR) is 114 cm³/mol. The smallest absolute Gasteiger partial charge is 0.327 e. The number of hydrogen-bond donors (Lipinski definition) is 3. The van der Waals surface area contributed by atoms with Crippen molar-refractivity contribution < 1.29 is 32.8 Å². The Morgan fingerprint density at radius 2 is 1.78 bits per heavy atom. The molecule has 0 saturated heterocycles. The highest BCUT2D eigenvalue weighted by molar-refractivity contribution is 7.89. The second-order valence-corrected chi connectivity index (χ2v) is 8.78. The van der Waals surface area contributed by atoms with E-state index in [-0.39, 0.29) is 16.3 Å². The minimum absolute atomic E-state index is 0.111. The van der Waals surface area contributed by atoms with Crippen LogP contribution in [0.4, 0.5) is 11.4 Å². The van der Waals surface area contributed by atoms with Crippen LogP contribution in [0.1, 0.15) is 18.1 Å². The number of non-ortho nitro benzene ring substituents is 1. The summed E-state index contributed by atoms with van der Waals surface area (Å²) in [5.74, 6) is -1.96. The van der Waals surface area contributed by atoms with Gasteiger partial charge >= 0.3 is 5.97 Å². The van der Waals surface area contributed by atoms with E-state index >= 15 is 0 Å². The summed E-state index contributed by atoms with van der Waals surface area (Å²) in [4.78, 5) is 34.6. The van der Waals surface area contributed by atoms with E-state index in [1.165, 1.54) is 31.2 Å². The first kappa shape index (κ1) is 24.9. The van der Waals surface area contributed by atoms with E-state index in [4.69, 9.17) is 4.74 Å². The van der Waals surface area contributed by atoms with Gasteiger partial charge < -0.3 is 15.2 Å². The number of ether oxygens (including phenoxy) is 1. The Morgan fingerprint density at radius 1 is 1.16 bits per heavy atom. The monoisotopic (exact) mass is 465 g/mol. The predicted octanol–water partition coefficient (Wildman–Crippen LogP) is 1.42. The van der Waals surface area contributed by atoms with Crippen molar-refractivity contribution >= 4 is 33.3 Å². The first-order valence-corrected chi connectivity index (χ1v) is 10.9. The molecule has 0 radical (unpaired) electrons. The third-order valence-electron chi connectivity index (χ3n) is 4.40. The fraction of sp³-hybridized carbons (Fsp3) is 0.300. The number of carbonyl (C=O) groups excluding carboxylic acids is 2. The molecule has 0 aliphatic carbocycles. The largest absolute Gasteiger partial charge is 0.454 e. The van der Waals surface area contributed by atoms with Gasteiger partial charge in [-0.05, 0) is 38.5 Å². The van der Waals surface area contributed by atoms with Crippen LogP contribution >= 0.6 is 0 Å². The summed E-state index contributed by atoms with van der Waals surface area (Å²) in [6, 6.07) is 8.06. The van der Waals surface area contributed by atoms with Crippen LogP contribution in [0, 0.1) is 24.0 Å². The SMILES string of the molecule is Cc1ccc(S(=O)(=O)N[C@H](C(=O)OCC(=O)Nc2cc([N+](=O)[O-])ccc2C)[C@@H](C)O)cc1. The van der Waals surface area contributed by atoms with Crippen molar-refractivity contribution in [3.8, 4) is 0 Å². The summed E-state index contributed by atoms with van der Waals surface area (Å²) in [6.07, 6.45) is -1.45. The van der Waals surface area contributed by atoms with Gasteiger partial charge in [-0.2, -0.15) is 4.72 Å². The van der Waals surface area contributed by atoms with Gasteiger partial charge in [-0.25, -0.2) is 8.42 Å². The molecule has 1 amide bonds. The van der Waals surface area contributed by atoms with Gasteiger partial charge in [0.05, 0.1) is 21.6 Å². The maximum Gasteiger partial charge on any atom is 0.327 e. The Kier molecular flexibility index (Phi) is 8.02. The zero-order valence-electron chi connectivity index (χ0n) is 17.6. The molecule has 0 heterocycles. The average molecular weight is 465 g/mol. The number of amides is 1. The summed E-state index contributed by atoms with van der Waals surface area (Å²) in [5.41, 5.74) is 1.30. The molecule has 0 spiro atoms. The number of nitro groups is 1. The Morgan fingerprint density at radius 3 is 2.34 bits per heavy atom. The Hall–Kier alpha value is -3.35. The first-order valence-electron chi connectivity index (χ1n) is 9.39. The molecule has 0 fully saturated rings. The maximum atomic E-state index is 12.5. The highest BCUT2D eigenvalue weighted by Gasteiger charge is 2.31. The van der Waals surface area contributed by atoms with Gasteiger partial charge in [0.15, 0.2) is 6.61 Å². The molecular formula is C20H23N3O8S. The van der Waals surface area contributed by atoms with Crippen LogP contribution in [0.15, 0.2) is 47.4 Å². The molecule has 0 aromatic heterocycles. The lowest BCUT2D eigenvalue weighted by Gasteiger charge is -2.20. The van der Waals surface area contributed by atoms with E-state index in [0.717, 1.165) is 11.6 Å². The minimum Gasteiger partial charge on any atom is -0.454 e. The number of benzene rings is 2. The molecule has 2 rings (SSSR count). The number of sulfonamides is 1. The van der Waals surface area contributed by atoms with Crippen LogP contribution in [0.3, 0.4) is 0 Å². The lowest BCUT2D eigenvalue weighted by atomic mass is 10.2. The molecule has 0 bridgehead atoms. The number of rotatable bonds is 9. The number of esters is 1. The molecule has 0 aliphatic heterocycles. The molecule has 12 heteroatoms. The molecule has 3 N–H and O–H groups in total. The van der Waals surface area contributed by atoms with Crippen molar-refractivity contribution in [1.29, 1.82) is 0 Å². The number of carbonyl (C=O) groups is 2. The number of hydrogen-bond acceptors (Lipinski definition) is 8. The molecule has 2 aromatic rings. The molecule has 0 aliphatic rings. The molecular weight excluding hydrogens is 442 g/mol. The Labute approximate surface area is 184 Å². The second kappa shape index (κ2) is 10.3. The molecule has 2 atom stereocenters. The minimum atomic E-state index is -4.15. The van der Waals surface area contributed by atoms with Gasteiger partial charge in [-0.15, -0.1) is 0 Å². The summed E-state index contributed by atoms with van der Waals surface area (Å²) in [6.45, 7) is 3.79. The fourth-order valence-corrected chi connectivity index (χ4v) is 3.83. The molecule has 172 valence electrons. The fourth-order valence-electron chi connectivity index (χ4n) is 2.57. The van der Waals surface area contributed by atoms with Gasteiger partial charge in [0.1, 0.15) is 6.04 Å². The van der Waals surface area contributed by atoms with Crippen LogP contribution < -0.4 is 10.0 Å². The molecule has 2 aromatic carbocycles. The number of aryl methyl sites for hydroxylation is 2. The maximum absolute atomic E-state index is 12.5. The summed E-state index contributed by atoms with van der Waals surface area (Å²) >= 11 is 0. The molecule has 0 unspecified atom stereocenters. The van der Waals surface area contributed by atoms with Gasteiger partial charge in [0.25, 0.3) is 11.6 Å². The zero-order chi connectivity index (χ0) is 24.1. The summed E-state index contributed by atoms with van der Waals surface area (Å²) < 4.78 is 31.9. The number of nitrogens with one attached hydrogen (secondary N) is 2. The molecule has 11 nitrogen and oxygen atoms in total. The highest BCUT2D eigenvalue weighted by Crippen LogP contribution is 2.21. The van der Waals surface area contributed by atoms with Crippen molar-refractivity contribution in [3.05, 3.63) is 63.7 Å². The van der Waals surface area contributed by atoms with Crippen LogP contribution in [0.2, 0.25) is 0 Å². The van der Waals surface area contributed by atoms with Crippen molar-refractivity contribution in [3.63, 3.8) is 0 Å². The van der Waals surface area contributed by atoms with Crippen molar-refractivity contribution in [1.82, 2.24) is 4.72 Å². The quantitative estimate of drug-likeness (QED) is 0.284. The lowest BCUT2D eigenvalue weighted by Crippen LogP contribution is -2.48. The van der Waals surface area contributed by atoms with E-state index in [0.29, 0.717) is 5.56 Å². The normalized spacial score (nSPS) is 13.1. The van der Waals surface area contributed by atoms with Gasteiger partial charge in [-0.1, -0.05) is 23.8 Å². The van der Waals surface area contributed by atoms with Crippen molar-refractivity contribution in [2.45, 2.75) is 37.8 Å². The lowest BCUT2D eigenvalue weighted by molar-refractivity contribution is -0.384. The zero-order valence-corrected chi connectivity index (χ0v) is 18.4. The third-order valence-corrected chi connectivity index (χ3v) is 5.86. The van der Waals surface area contributed by atoms with E-state index in [2.05, 4.69) is 10.0 Å². The Bertz CT molecular complexity index is 1110. The van der Waals surface area contributed by atoms with Gasteiger partial charge in [0.2, 0.25) is 10.0 Å². The average Bonchev–Trinajstić information content (AvgIpc) is 2.72. The second-order valence-electron chi connectivity index (χ2n) is 7.06. The van der Waals surface area contributed by atoms with E-state index in [1.54, 1.807) is 26.0 Å². The van der Waals surface area contributed by atoms with E-state index in [1.807, 2.05) is 0 Å². The number of anilines is 1. The summed E-state index contributed by atoms with van der Waals surface area (Å²) in [7, 11) is -4.15. The van der Waals surface area contributed by atoms with Crippen LogP contribution in [-0.4, -0.2) is 49.1 Å². The summed E-state index contributed by atoms with van der Waals surface area (Å²) in [5, 5.41) is 23.1. The van der Waals surface area contributed by atoms with E-state index in [9.17, 15) is 33.2 Å². The highest BCUT2D eigenvalue weighted by atomic mass is 32.2. The molecule has 32 heavy (non-hydrogen) atoms. The van der Waals surface area contributed by atoms with E-state index < -0.39 is 45.6 Å². The van der Waals surface area contributed by atoms with Crippen LogP contribution in [-0.2, 0) is 24.3 Å². The number of nitrogens with zero attached hydrogens (tertiary/aromatic N) is 1. The van der Waals surface area contributed by atoms with Crippen LogP contribution in [0.5, 0.6) is 0 Å². The van der Waals surface area contributed by atoms with Crippen molar-refractivity contribution in [2.24, 2.45) is 0 Å². The van der Waals surface area contributed by atoms with Crippen molar-refractivity contribution in [2.75, 3.05) is 11.9 Å². The topological polar surface area (TPSA) is 165 Å². The van der Waals surface area contributed by atoms with Crippen LogP contribution in [0.25, 0.3) is 0 Å².